The van der Waals surface area contributed by atoms with Crippen LogP contribution in [-0.4, -0.2) is 64.5 Å². The van der Waals surface area contributed by atoms with Gasteiger partial charge in [0.1, 0.15) is 12.4 Å². The molecule has 0 radical (unpaired) electrons. The first-order valence-corrected chi connectivity index (χ1v) is 14.2. The highest BCUT2D eigenvalue weighted by Crippen LogP contribution is 2.47. The van der Waals surface area contributed by atoms with Crippen LogP contribution < -0.4 is 10.2 Å². The number of ether oxygens (including phenoxy) is 1. The zero-order valence-corrected chi connectivity index (χ0v) is 22.9. The van der Waals surface area contributed by atoms with Crippen molar-refractivity contribution in [3.05, 3.63) is 59.8 Å². The minimum atomic E-state index is -0.372. The normalized spacial score (nSPS) is 21.6. The highest BCUT2D eigenvalue weighted by molar-refractivity contribution is 5.89. The molecule has 3 fully saturated rings. The minimum Gasteiger partial charge on any atom is -0.444 e. The second-order valence-corrected chi connectivity index (χ2v) is 11.7. The van der Waals surface area contributed by atoms with Gasteiger partial charge < -0.3 is 15.0 Å². The van der Waals surface area contributed by atoms with Gasteiger partial charge in [0.15, 0.2) is 0 Å². The summed E-state index contributed by atoms with van der Waals surface area (Å²) in [5, 5.41) is 3.41. The molecule has 4 aliphatic rings. The summed E-state index contributed by atoms with van der Waals surface area (Å²) in [7, 11) is 0. The molecule has 1 saturated carbocycles. The number of carbonyl (C=O) groups excluding carboxylic acids is 2. The Morgan fingerprint density at radius 3 is 2.56 bits per heavy atom. The quantitative estimate of drug-likeness (QED) is 0.471. The number of benzene rings is 1. The maximum Gasteiger partial charge on any atom is 0.415 e. The summed E-state index contributed by atoms with van der Waals surface area (Å²) in [6.07, 6.45) is 8.02. The highest BCUT2D eigenvalue weighted by Gasteiger charge is 2.54. The Hall–Kier alpha value is -3.46. The molecule has 9 heteroatoms. The second-order valence-electron chi connectivity index (χ2n) is 11.7. The monoisotopic (exact) mass is 530 g/mol. The van der Waals surface area contributed by atoms with E-state index in [1.807, 2.05) is 11.8 Å². The Bertz CT molecular complexity index is 1250. The third-order valence-electron chi connectivity index (χ3n) is 8.99. The van der Waals surface area contributed by atoms with Crippen molar-refractivity contribution in [2.75, 3.05) is 42.9 Å². The smallest absolute Gasteiger partial charge is 0.415 e. The Morgan fingerprint density at radius 1 is 1.21 bits per heavy atom. The van der Waals surface area contributed by atoms with Gasteiger partial charge in [0.05, 0.1) is 11.6 Å². The first kappa shape index (κ1) is 25.8. The Morgan fingerprint density at radius 2 is 1.92 bits per heavy atom. The van der Waals surface area contributed by atoms with Crippen LogP contribution in [0.15, 0.2) is 43.1 Å². The molecule has 2 amide bonds. The lowest BCUT2D eigenvalue weighted by Crippen LogP contribution is -2.73. The number of amides is 2. The summed E-state index contributed by atoms with van der Waals surface area (Å²) in [6.45, 7) is 12.1. The van der Waals surface area contributed by atoms with E-state index in [-0.39, 0.29) is 30.1 Å². The van der Waals surface area contributed by atoms with Gasteiger partial charge >= 0.3 is 6.09 Å². The Labute approximate surface area is 230 Å². The van der Waals surface area contributed by atoms with Crippen LogP contribution in [0, 0.1) is 11.3 Å². The van der Waals surface area contributed by atoms with E-state index < -0.39 is 0 Å². The molecular formula is C30H38N6O3. The van der Waals surface area contributed by atoms with Crippen LogP contribution in [0.5, 0.6) is 0 Å². The summed E-state index contributed by atoms with van der Waals surface area (Å²) in [5.74, 6) is 1.97. The lowest BCUT2D eigenvalue weighted by molar-refractivity contribution is -0.160. The number of hydrogen-bond donors (Lipinski definition) is 1. The van der Waals surface area contributed by atoms with E-state index in [2.05, 4.69) is 58.0 Å². The van der Waals surface area contributed by atoms with Gasteiger partial charge in [0, 0.05) is 50.4 Å². The fourth-order valence-electron chi connectivity index (χ4n) is 6.49. The molecule has 2 atom stereocenters. The summed E-state index contributed by atoms with van der Waals surface area (Å²) in [4.78, 5) is 39.2. The van der Waals surface area contributed by atoms with Gasteiger partial charge in [-0.3, -0.25) is 14.6 Å². The molecule has 0 bridgehead atoms. The molecule has 9 nitrogen and oxygen atoms in total. The van der Waals surface area contributed by atoms with Gasteiger partial charge in [-0.05, 0) is 43.4 Å². The molecule has 2 aromatic rings. The maximum atomic E-state index is 12.1. The van der Waals surface area contributed by atoms with Crippen molar-refractivity contribution in [2.45, 2.75) is 58.2 Å². The summed E-state index contributed by atoms with van der Waals surface area (Å²) in [6, 6.07) is 9.39. The molecule has 1 aromatic heterocycles. The van der Waals surface area contributed by atoms with Crippen LogP contribution in [0.25, 0.3) is 0 Å². The van der Waals surface area contributed by atoms with Crippen molar-refractivity contribution in [2.24, 2.45) is 11.3 Å². The van der Waals surface area contributed by atoms with E-state index in [4.69, 9.17) is 4.74 Å². The summed E-state index contributed by atoms with van der Waals surface area (Å²) < 4.78 is 5.20. The minimum absolute atomic E-state index is 0.00318. The molecule has 2 saturated heterocycles. The molecule has 206 valence electrons. The van der Waals surface area contributed by atoms with Gasteiger partial charge in [-0.25, -0.2) is 9.78 Å². The number of hydrogen-bond acceptors (Lipinski definition) is 7. The number of fused-ring (bicyclic) bond motifs is 1. The number of anilines is 2. The SMILES string of the molecule is C=CC(=O)N1CC2(C1)CN([C@H](CC1CCC1)c1ccc([C@H](C)Nc3ncc4c(n3)N(CC)C(=O)OC4)cc1)C2. The third-order valence-corrected chi connectivity index (χ3v) is 8.99. The number of likely N-dealkylation sites (tertiary alicyclic amines) is 2. The van der Waals surface area contributed by atoms with Crippen molar-refractivity contribution in [3.8, 4) is 0 Å². The van der Waals surface area contributed by atoms with Crippen LogP contribution in [-0.2, 0) is 16.1 Å². The number of carbonyl (C=O) groups is 2. The van der Waals surface area contributed by atoms with E-state index in [1.165, 1.54) is 42.2 Å². The van der Waals surface area contributed by atoms with E-state index >= 15 is 0 Å². The van der Waals surface area contributed by atoms with E-state index in [0.29, 0.717) is 24.4 Å². The third kappa shape index (κ3) is 4.88. The number of nitrogens with zero attached hydrogens (tertiary/aromatic N) is 5. The van der Waals surface area contributed by atoms with E-state index in [1.54, 1.807) is 6.20 Å². The van der Waals surface area contributed by atoms with Gasteiger partial charge in [-0.2, -0.15) is 4.98 Å². The molecule has 3 aliphatic heterocycles. The number of cyclic esters (lactones) is 1. The van der Waals surface area contributed by atoms with E-state index in [0.717, 1.165) is 43.2 Å². The Kier molecular flexibility index (Phi) is 6.79. The lowest BCUT2D eigenvalue weighted by atomic mass is 9.70. The first-order chi connectivity index (χ1) is 18.9. The van der Waals surface area contributed by atoms with Crippen molar-refractivity contribution in [1.82, 2.24) is 19.8 Å². The van der Waals surface area contributed by atoms with Gasteiger partial charge in [-0.15, -0.1) is 0 Å². The van der Waals surface area contributed by atoms with Crippen molar-refractivity contribution in [1.29, 1.82) is 0 Å². The Balaban J connectivity index is 1.12. The number of rotatable bonds is 9. The topological polar surface area (TPSA) is 90.9 Å². The maximum absolute atomic E-state index is 12.1. The van der Waals surface area contributed by atoms with Crippen molar-refractivity contribution >= 4 is 23.8 Å². The van der Waals surface area contributed by atoms with Crippen molar-refractivity contribution < 1.29 is 14.3 Å². The summed E-state index contributed by atoms with van der Waals surface area (Å²) in [5.41, 5.74) is 3.61. The number of aromatic nitrogens is 2. The van der Waals surface area contributed by atoms with Gasteiger partial charge in [0.25, 0.3) is 0 Å². The van der Waals surface area contributed by atoms with Gasteiger partial charge in [0.2, 0.25) is 11.9 Å². The zero-order valence-electron chi connectivity index (χ0n) is 22.9. The molecule has 1 aliphatic carbocycles. The largest absolute Gasteiger partial charge is 0.444 e. The van der Waals surface area contributed by atoms with E-state index in [9.17, 15) is 9.59 Å². The molecule has 1 aromatic carbocycles. The van der Waals surface area contributed by atoms with Crippen LogP contribution in [0.3, 0.4) is 0 Å². The molecule has 0 unspecified atom stereocenters. The average molecular weight is 531 g/mol. The van der Waals surface area contributed by atoms with Crippen LogP contribution in [0.2, 0.25) is 0 Å². The predicted molar refractivity (Wildman–Crippen MR) is 149 cm³/mol. The molecular weight excluding hydrogens is 492 g/mol. The highest BCUT2D eigenvalue weighted by atomic mass is 16.6. The summed E-state index contributed by atoms with van der Waals surface area (Å²) >= 11 is 0. The molecule has 1 N–H and O–H groups in total. The first-order valence-electron chi connectivity index (χ1n) is 14.2. The molecule has 1 spiro atoms. The fraction of sp³-hybridized carbons (Fsp3) is 0.533. The van der Waals surface area contributed by atoms with Crippen molar-refractivity contribution in [3.63, 3.8) is 0 Å². The second kappa shape index (κ2) is 10.3. The fourth-order valence-corrected chi connectivity index (χ4v) is 6.49. The molecule has 4 heterocycles. The van der Waals surface area contributed by atoms with Crippen LogP contribution in [0.4, 0.5) is 16.6 Å². The van der Waals surface area contributed by atoms with Crippen LogP contribution >= 0.6 is 0 Å². The molecule has 39 heavy (non-hydrogen) atoms. The molecule has 6 rings (SSSR count). The average Bonchev–Trinajstić information content (AvgIpc) is 2.87. The zero-order chi connectivity index (χ0) is 27.1. The predicted octanol–water partition coefficient (Wildman–Crippen LogP) is 4.69. The standard InChI is InChI=1S/C30H38N6O3/c1-4-26(37)35-18-30(19-35)16-34(17-30)25(13-21-7-6-8-21)23-11-9-22(10-12-23)20(3)32-28-31-14-24-15-39-29(38)36(5-2)27(24)33-28/h4,9-12,14,20-21,25H,1,5-8,13,15-19H2,2-3H3,(H,31,32,33)/t20-,25+/m0/s1. The van der Waals surface area contributed by atoms with Gasteiger partial charge in [-0.1, -0.05) is 50.1 Å². The van der Waals surface area contributed by atoms with Crippen LogP contribution in [0.1, 0.15) is 68.3 Å². The number of nitrogens with one attached hydrogen (secondary N) is 1. The lowest BCUT2D eigenvalue weighted by Gasteiger charge is -2.62.